The van der Waals surface area contributed by atoms with E-state index in [1.54, 1.807) is 58.1 Å². The number of carbonyl (C=O) groups excluding carboxylic acids is 1. The van der Waals surface area contributed by atoms with Crippen LogP contribution in [0.1, 0.15) is 5.69 Å². The minimum Gasteiger partial charge on any atom is -0.484 e. The van der Waals surface area contributed by atoms with Gasteiger partial charge in [0.15, 0.2) is 11.6 Å². The van der Waals surface area contributed by atoms with E-state index in [0.29, 0.717) is 42.0 Å². The Kier molecular flexibility index (Phi) is 6.50. The van der Waals surface area contributed by atoms with Crippen molar-refractivity contribution in [3.8, 4) is 17.4 Å². The van der Waals surface area contributed by atoms with Gasteiger partial charge < -0.3 is 14.4 Å². The number of ether oxygens (including phenoxy) is 2. The van der Waals surface area contributed by atoms with E-state index >= 15 is 0 Å². The molecule has 0 atom stereocenters. The normalized spacial score (nSPS) is 14.3. The number of benzene rings is 1. The van der Waals surface area contributed by atoms with Crippen LogP contribution in [0.2, 0.25) is 0 Å². The molecule has 0 bridgehead atoms. The van der Waals surface area contributed by atoms with E-state index in [-0.39, 0.29) is 18.1 Å². The van der Waals surface area contributed by atoms with Crippen LogP contribution in [0.3, 0.4) is 0 Å². The number of nitrogens with zero attached hydrogens (tertiary/aromatic N) is 5. The first-order chi connectivity index (χ1) is 16.6. The number of hydrogen-bond acceptors (Lipinski definition) is 8. The van der Waals surface area contributed by atoms with E-state index in [2.05, 4.69) is 14.9 Å². The fourth-order valence-electron chi connectivity index (χ4n) is 3.72. The minimum absolute atomic E-state index is 0.0200. The number of thiazole rings is 1. The Morgan fingerprint density at radius 3 is 2.59 bits per heavy atom. The Bertz CT molecular complexity index is 1310. The first-order valence-electron chi connectivity index (χ1n) is 10.9. The van der Waals surface area contributed by atoms with Gasteiger partial charge in [-0.15, -0.1) is 11.3 Å². The Hall–Kier alpha value is -3.76. The highest BCUT2D eigenvalue weighted by Gasteiger charge is 2.22. The molecule has 1 fully saturated rings. The molecule has 0 aliphatic carbocycles. The summed E-state index contributed by atoms with van der Waals surface area (Å²) in [6.07, 6.45) is 3.40. The van der Waals surface area contributed by atoms with Crippen LogP contribution in [0, 0.1) is 0 Å². The van der Waals surface area contributed by atoms with E-state index in [0.717, 1.165) is 18.8 Å². The second-order valence-corrected chi connectivity index (χ2v) is 8.70. The van der Waals surface area contributed by atoms with Crippen molar-refractivity contribution in [1.82, 2.24) is 24.2 Å². The molecule has 0 radical (unpaired) electrons. The van der Waals surface area contributed by atoms with Crippen LogP contribution in [0.5, 0.6) is 17.4 Å². The van der Waals surface area contributed by atoms with Gasteiger partial charge in [0, 0.05) is 62.6 Å². The highest BCUT2D eigenvalue weighted by molar-refractivity contribution is 7.15. The molecule has 1 aliphatic rings. The van der Waals surface area contributed by atoms with Crippen LogP contribution in [0.4, 0.5) is 0 Å². The van der Waals surface area contributed by atoms with Crippen LogP contribution in [0.15, 0.2) is 71.1 Å². The van der Waals surface area contributed by atoms with Gasteiger partial charge in [0.25, 0.3) is 11.5 Å². The third-order valence-corrected chi connectivity index (χ3v) is 6.27. The molecule has 1 aliphatic heterocycles. The second kappa shape index (κ2) is 10.0. The zero-order valence-corrected chi connectivity index (χ0v) is 19.2. The molecule has 9 nitrogen and oxygen atoms in total. The van der Waals surface area contributed by atoms with Crippen molar-refractivity contribution < 1.29 is 14.3 Å². The molecule has 0 unspecified atom stereocenters. The molecule has 4 heterocycles. The van der Waals surface area contributed by atoms with Crippen molar-refractivity contribution in [3.05, 3.63) is 82.4 Å². The number of fused-ring (bicyclic) bond motifs is 1. The number of rotatable bonds is 7. The largest absolute Gasteiger partial charge is 0.484 e. The van der Waals surface area contributed by atoms with Crippen molar-refractivity contribution in [1.29, 1.82) is 0 Å². The third kappa shape index (κ3) is 5.24. The SMILES string of the molecule is O=C(COc1ccc(Oc2ccccn2)cc1)N1CCN(Cc2cc(=O)n3ccsc3n2)CC1. The topological polar surface area (TPSA) is 89.3 Å². The molecule has 174 valence electrons. The Labute approximate surface area is 199 Å². The van der Waals surface area contributed by atoms with E-state index in [1.807, 2.05) is 17.5 Å². The molecule has 5 rings (SSSR count). The van der Waals surface area contributed by atoms with Gasteiger partial charge in [0.1, 0.15) is 11.5 Å². The highest BCUT2D eigenvalue weighted by Crippen LogP contribution is 2.22. The minimum atomic E-state index is -0.0662. The van der Waals surface area contributed by atoms with Crippen LogP contribution < -0.4 is 15.0 Å². The molecule has 3 aromatic heterocycles. The molecule has 0 spiro atoms. The molecule has 1 amide bonds. The van der Waals surface area contributed by atoms with Crippen LogP contribution >= 0.6 is 11.3 Å². The average molecular weight is 478 g/mol. The van der Waals surface area contributed by atoms with E-state index < -0.39 is 0 Å². The quantitative estimate of drug-likeness (QED) is 0.404. The van der Waals surface area contributed by atoms with Gasteiger partial charge in [-0.3, -0.25) is 18.9 Å². The Balaban J connectivity index is 1.08. The maximum atomic E-state index is 12.6. The van der Waals surface area contributed by atoms with Crippen molar-refractivity contribution in [3.63, 3.8) is 0 Å². The van der Waals surface area contributed by atoms with Crippen LogP contribution in [-0.4, -0.2) is 62.9 Å². The third-order valence-electron chi connectivity index (χ3n) is 5.51. The summed E-state index contributed by atoms with van der Waals surface area (Å²) in [5.41, 5.74) is 0.689. The van der Waals surface area contributed by atoms with E-state index in [4.69, 9.17) is 9.47 Å². The highest BCUT2D eigenvalue weighted by atomic mass is 32.1. The van der Waals surface area contributed by atoms with Gasteiger partial charge in [0.05, 0.1) is 5.69 Å². The van der Waals surface area contributed by atoms with Crippen LogP contribution in [0.25, 0.3) is 4.96 Å². The summed E-state index contributed by atoms with van der Waals surface area (Å²) < 4.78 is 12.9. The van der Waals surface area contributed by atoms with Gasteiger partial charge in [-0.05, 0) is 30.3 Å². The van der Waals surface area contributed by atoms with Gasteiger partial charge in [-0.25, -0.2) is 9.97 Å². The predicted octanol–water partition coefficient (Wildman–Crippen LogP) is 2.67. The summed E-state index contributed by atoms with van der Waals surface area (Å²) in [6.45, 7) is 3.23. The summed E-state index contributed by atoms with van der Waals surface area (Å²) in [4.78, 5) is 38.2. The molecule has 10 heteroatoms. The second-order valence-electron chi connectivity index (χ2n) is 7.83. The Morgan fingerprint density at radius 1 is 1.03 bits per heavy atom. The summed E-state index contributed by atoms with van der Waals surface area (Å²) in [5.74, 6) is 1.70. The van der Waals surface area contributed by atoms with Gasteiger partial charge in [0.2, 0.25) is 5.88 Å². The number of piperazine rings is 1. The number of pyridine rings is 1. The molecule has 1 saturated heterocycles. The van der Waals surface area contributed by atoms with Crippen molar-refractivity contribution in [2.75, 3.05) is 32.8 Å². The molecule has 1 aromatic carbocycles. The number of amides is 1. The lowest BCUT2D eigenvalue weighted by Gasteiger charge is -2.34. The lowest BCUT2D eigenvalue weighted by molar-refractivity contribution is -0.135. The maximum Gasteiger partial charge on any atom is 0.260 e. The lowest BCUT2D eigenvalue weighted by Crippen LogP contribution is -2.49. The number of carbonyl (C=O) groups is 1. The first kappa shape index (κ1) is 22.1. The molecule has 34 heavy (non-hydrogen) atoms. The first-order valence-corrected chi connectivity index (χ1v) is 11.8. The lowest BCUT2D eigenvalue weighted by atomic mass is 10.2. The summed E-state index contributed by atoms with van der Waals surface area (Å²) in [5, 5.41) is 1.85. The van der Waals surface area contributed by atoms with Crippen molar-refractivity contribution >= 4 is 22.2 Å². The predicted molar refractivity (Wildman–Crippen MR) is 127 cm³/mol. The number of hydrogen-bond donors (Lipinski definition) is 0. The molecule has 0 N–H and O–H groups in total. The molecule has 0 saturated carbocycles. The standard InChI is InChI=1S/C24H23N5O4S/c30-22-15-18(26-24-29(22)13-14-34-24)16-27-9-11-28(12-10-27)23(31)17-32-19-4-6-20(7-5-19)33-21-3-1-2-8-25-21/h1-8,13-15H,9-12,16-17H2. The smallest absolute Gasteiger partial charge is 0.260 e. The maximum absolute atomic E-state index is 12.6. The summed E-state index contributed by atoms with van der Waals surface area (Å²) >= 11 is 1.44. The van der Waals surface area contributed by atoms with Crippen LogP contribution in [-0.2, 0) is 11.3 Å². The Morgan fingerprint density at radius 2 is 1.82 bits per heavy atom. The van der Waals surface area contributed by atoms with Crippen molar-refractivity contribution in [2.45, 2.75) is 6.54 Å². The molecular weight excluding hydrogens is 454 g/mol. The molecular formula is C24H23N5O4S. The fourth-order valence-corrected chi connectivity index (χ4v) is 4.46. The van der Waals surface area contributed by atoms with Gasteiger partial charge in [-0.2, -0.15) is 0 Å². The van der Waals surface area contributed by atoms with Gasteiger partial charge in [-0.1, -0.05) is 6.07 Å². The zero-order valence-electron chi connectivity index (χ0n) is 18.4. The monoisotopic (exact) mass is 477 g/mol. The summed E-state index contributed by atoms with van der Waals surface area (Å²) in [6, 6.07) is 14.1. The van der Waals surface area contributed by atoms with Crippen molar-refractivity contribution in [2.24, 2.45) is 0 Å². The number of aromatic nitrogens is 3. The summed E-state index contributed by atoms with van der Waals surface area (Å²) in [7, 11) is 0. The zero-order chi connectivity index (χ0) is 23.3. The van der Waals surface area contributed by atoms with Gasteiger partial charge >= 0.3 is 0 Å². The van der Waals surface area contributed by atoms with E-state index in [1.165, 1.54) is 11.3 Å². The average Bonchev–Trinajstić information content (AvgIpc) is 3.34. The fraction of sp³-hybridized carbons (Fsp3) is 0.250. The molecule has 4 aromatic rings. The van der Waals surface area contributed by atoms with E-state index in [9.17, 15) is 9.59 Å².